The zero-order chi connectivity index (χ0) is 12.0. The number of alkyl halides is 1. The van der Waals surface area contributed by atoms with Crippen LogP contribution in [0.25, 0.3) is 0 Å². The van der Waals surface area contributed by atoms with Crippen LogP contribution in [0.3, 0.4) is 0 Å². The maximum absolute atomic E-state index is 11.5. The summed E-state index contributed by atoms with van der Waals surface area (Å²) in [5, 5.41) is 2.75. The number of nitrogens with one attached hydrogen (secondary N) is 2. The maximum Gasteiger partial charge on any atom is 0.267 e. The molecule has 1 aromatic rings. The van der Waals surface area contributed by atoms with Crippen molar-refractivity contribution in [1.82, 2.24) is 10.3 Å². The lowest BCUT2D eigenvalue weighted by Gasteiger charge is -2.05. The number of aromatic amines is 1. The van der Waals surface area contributed by atoms with Crippen molar-refractivity contribution in [2.45, 2.75) is 24.6 Å². The van der Waals surface area contributed by atoms with Gasteiger partial charge in [-0.2, -0.15) is 0 Å². The lowest BCUT2D eigenvalue weighted by molar-refractivity contribution is 0.0948. The SMILES string of the molecule is CC(Br)CCCNC(=O)c1cccc(=O)[nH]1. The third-order valence-corrected chi connectivity index (χ3v) is 2.54. The molecule has 5 heteroatoms. The molecule has 0 saturated carbocycles. The highest BCUT2D eigenvalue weighted by Gasteiger charge is 2.05. The third kappa shape index (κ3) is 4.61. The van der Waals surface area contributed by atoms with Gasteiger partial charge in [-0.15, -0.1) is 0 Å². The lowest BCUT2D eigenvalue weighted by atomic mass is 10.2. The minimum absolute atomic E-state index is 0.236. The van der Waals surface area contributed by atoms with Crippen molar-refractivity contribution in [3.05, 3.63) is 34.2 Å². The second-order valence-electron chi connectivity index (χ2n) is 3.61. The van der Waals surface area contributed by atoms with Crippen LogP contribution < -0.4 is 10.9 Å². The number of H-pyrrole nitrogens is 1. The summed E-state index contributed by atoms with van der Waals surface area (Å²) in [7, 11) is 0. The molecule has 88 valence electrons. The van der Waals surface area contributed by atoms with Gasteiger partial charge in [0.15, 0.2) is 0 Å². The van der Waals surface area contributed by atoms with E-state index < -0.39 is 0 Å². The number of pyridine rings is 1. The number of hydrogen-bond acceptors (Lipinski definition) is 2. The molecule has 1 rings (SSSR count). The Labute approximate surface area is 103 Å². The predicted molar refractivity (Wildman–Crippen MR) is 67.0 cm³/mol. The van der Waals surface area contributed by atoms with Crippen molar-refractivity contribution in [3.63, 3.8) is 0 Å². The van der Waals surface area contributed by atoms with E-state index in [9.17, 15) is 9.59 Å². The molecule has 0 aliphatic carbocycles. The summed E-state index contributed by atoms with van der Waals surface area (Å²) in [6.07, 6.45) is 1.92. The van der Waals surface area contributed by atoms with Gasteiger partial charge in [0, 0.05) is 17.4 Å². The van der Waals surface area contributed by atoms with Gasteiger partial charge in [0.25, 0.3) is 5.91 Å². The Hall–Kier alpha value is -1.10. The van der Waals surface area contributed by atoms with E-state index in [2.05, 4.69) is 33.2 Å². The summed E-state index contributed by atoms with van der Waals surface area (Å²) in [4.78, 5) is 25.5. The molecule has 16 heavy (non-hydrogen) atoms. The van der Waals surface area contributed by atoms with Crippen molar-refractivity contribution in [1.29, 1.82) is 0 Å². The first kappa shape index (κ1) is 13.0. The lowest BCUT2D eigenvalue weighted by Crippen LogP contribution is -2.27. The van der Waals surface area contributed by atoms with E-state index in [1.165, 1.54) is 6.07 Å². The van der Waals surface area contributed by atoms with Crippen LogP contribution in [0.1, 0.15) is 30.3 Å². The first-order valence-corrected chi connectivity index (χ1v) is 6.13. The van der Waals surface area contributed by atoms with E-state index >= 15 is 0 Å². The second-order valence-corrected chi connectivity index (χ2v) is 5.17. The largest absolute Gasteiger partial charge is 0.351 e. The van der Waals surface area contributed by atoms with Crippen molar-refractivity contribution >= 4 is 21.8 Å². The Kier molecular flexibility index (Phi) is 5.25. The molecular formula is C11H15BrN2O2. The number of rotatable bonds is 5. The van der Waals surface area contributed by atoms with Gasteiger partial charge < -0.3 is 10.3 Å². The Balaban J connectivity index is 2.38. The molecule has 0 bridgehead atoms. The summed E-state index contributed by atoms with van der Waals surface area (Å²) >= 11 is 3.44. The fourth-order valence-corrected chi connectivity index (χ4v) is 1.58. The molecule has 1 aromatic heterocycles. The molecule has 0 fully saturated rings. The fourth-order valence-electron chi connectivity index (χ4n) is 1.26. The minimum Gasteiger partial charge on any atom is -0.351 e. The molecule has 2 N–H and O–H groups in total. The monoisotopic (exact) mass is 286 g/mol. The summed E-state index contributed by atoms with van der Waals surface area (Å²) in [5.74, 6) is -0.236. The van der Waals surface area contributed by atoms with E-state index in [1.807, 2.05) is 0 Å². The second kappa shape index (κ2) is 6.48. The van der Waals surface area contributed by atoms with E-state index in [0.717, 1.165) is 12.8 Å². The quantitative estimate of drug-likeness (QED) is 0.639. The number of hydrogen-bond donors (Lipinski definition) is 2. The van der Waals surface area contributed by atoms with E-state index in [4.69, 9.17) is 0 Å². The van der Waals surface area contributed by atoms with Crippen LogP contribution in [0, 0.1) is 0 Å². The van der Waals surface area contributed by atoms with Crippen LogP contribution in [0.5, 0.6) is 0 Å². The fraction of sp³-hybridized carbons (Fsp3) is 0.455. The summed E-state index contributed by atoms with van der Waals surface area (Å²) in [5.41, 5.74) is 0.0427. The minimum atomic E-state index is -0.262. The van der Waals surface area contributed by atoms with Gasteiger partial charge in [-0.25, -0.2) is 0 Å². The number of aromatic nitrogens is 1. The normalized spacial score (nSPS) is 12.1. The van der Waals surface area contributed by atoms with Gasteiger partial charge in [-0.1, -0.05) is 28.9 Å². The average molecular weight is 287 g/mol. The van der Waals surface area contributed by atoms with Crippen LogP contribution in [0.2, 0.25) is 0 Å². The van der Waals surface area contributed by atoms with Crippen LogP contribution in [-0.4, -0.2) is 22.3 Å². The van der Waals surface area contributed by atoms with Gasteiger partial charge in [-0.05, 0) is 18.9 Å². The highest BCUT2D eigenvalue weighted by molar-refractivity contribution is 9.09. The standard InChI is InChI=1S/C11H15BrN2O2/c1-8(12)4-3-7-13-11(16)9-5-2-6-10(15)14-9/h2,5-6,8H,3-4,7H2,1H3,(H,13,16)(H,14,15). The van der Waals surface area contributed by atoms with Gasteiger partial charge in [0.2, 0.25) is 5.56 Å². The molecule has 1 amide bonds. The van der Waals surface area contributed by atoms with Crippen molar-refractivity contribution < 1.29 is 4.79 Å². The molecule has 1 atom stereocenters. The number of carbonyl (C=O) groups excluding carboxylic acids is 1. The van der Waals surface area contributed by atoms with Gasteiger partial charge in [-0.3, -0.25) is 9.59 Å². The van der Waals surface area contributed by atoms with E-state index in [-0.39, 0.29) is 11.5 Å². The zero-order valence-electron chi connectivity index (χ0n) is 9.13. The van der Waals surface area contributed by atoms with Crippen molar-refractivity contribution in [3.8, 4) is 0 Å². The van der Waals surface area contributed by atoms with E-state index in [0.29, 0.717) is 17.1 Å². The Bertz CT molecular complexity index is 401. The van der Waals surface area contributed by atoms with E-state index in [1.54, 1.807) is 12.1 Å². The van der Waals surface area contributed by atoms with Gasteiger partial charge >= 0.3 is 0 Å². The molecule has 0 aliphatic rings. The maximum atomic E-state index is 11.5. The molecule has 4 nitrogen and oxygen atoms in total. The Morgan fingerprint density at radius 1 is 1.56 bits per heavy atom. The van der Waals surface area contributed by atoms with Crippen molar-refractivity contribution in [2.24, 2.45) is 0 Å². The average Bonchev–Trinajstić information content (AvgIpc) is 2.24. The molecular weight excluding hydrogens is 272 g/mol. The molecule has 1 unspecified atom stereocenters. The topological polar surface area (TPSA) is 62.0 Å². The highest BCUT2D eigenvalue weighted by Crippen LogP contribution is 2.05. The van der Waals surface area contributed by atoms with Crippen molar-refractivity contribution in [2.75, 3.05) is 6.54 Å². The summed E-state index contributed by atoms with van der Waals surface area (Å²) < 4.78 is 0. The predicted octanol–water partition coefficient (Wildman–Crippen LogP) is 1.67. The van der Waals surface area contributed by atoms with Crippen LogP contribution >= 0.6 is 15.9 Å². The van der Waals surface area contributed by atoms with Gasteiger partial charge in [0.05, 0.1) is 0 Å². The van der Waals surface area contributed by atoms with Crippen LogP contribution in [-0.2, 0) is 0 Å². The number of carbonyl (C=O) groups is 1. The molecule has 0 saturated heterocycles. The molecule has 0 aromatic carbocycles. The first-order valence-electron chi connectivity index (χ1n) is 5.21. The first-order chi connectivity index (χ1) is 7.59. The zero-order valence-corrected chi connectivity index (χ0v) is 10.7. The highest BCUT2D eigenvalue weighted by atomic mass is 79.9. The number of halogens is 1. The molecule has 0 aliphatic heterocycles. The van der Waals surface area contributed by atoms with Gasteiger partial charge in [0.1, 0.15) is 5.69 Å². The Morgan fingerprint density at radius 3 is 2.94 bits per heavy atom. The molecule has 1 heterocycles. The molecule has 0 spiro atoms. The molecule has 0 radical (unpaired) electrons. The third-order valence-electron chi connectivity index (χ3n) is 2.08. The number of amides is 1. The summed E-state index contributed by atoms with van der Waals surface area (Å²) in [6.45, 7) is 2.68. The Morgan fingerprint density at radius 2 is 2.31 bits per heavy atom. The van der Waals surface area contributed by atoms with Crippen LogP contribution in [0.4, 0.5) is 0 Å². The smallest absolute Gasteiger partial charge is 0.267 e. The summed E-state index contributed by atoms with van der Waals surface area (Å²) in [6, 6.07) is 4.53. The van der Waals surface area contributed by atoms with Crippen LogP contribution in [0.15, 0.2) is 23.0 Å².